The van der Waals surface area contributed by atoms with Crippen molar-refractivity contribution in [3.05, 3.63) is 0 Å². The monoisotopic (exact) mass is 186 g/mol. The molecule has 13 heavy (non-hydrogen) atoms. The molecule has 0 rings (SSSR count). The number of hydrogen-bond acceptors (Lipinski definition) is 2. The van der Waals surface area contributed by atoms with Gasteiger partial charge in [0.2, 0.25) is 0 Å². The van der Waals surface area contributed by atoms with E-state index in [1.165, 1.54) is 19.3 Å². The molecule has 1 unspecified atom stereocenters. The van der Waals surface area contributed by atoms with Crippen molar-refractivity contribution in [2.75, 3.05) is 13.1 Å². The molecule has 0 aliphatic carbocycles. The third kappa shape index (κ3) is 9.84. The zero-order valence-electron chi connectivity index (χ0n) is 9.47. The highest BCUT2D eigenvalue weighted by atomic mass is 14.9. The molecule has 0 aromatic rings. The quantitative estimate of drug-likeness (QED) is 0.570. The van der Waals surface area contributed by atoms with Gasteiger partial charge >= 0.3 is 0 Å². The van der Waals surface area contributed by atoms with Crippen LogP contribution in [0.5, 0.6) is 0 Å². The van der Waals surface area contributed by atoms with Crippen LogP contribution < -0.4 is 11.1 Å². The van der Waals surface area contributed by atoms with Crippen molar-refractivity contribution >= 4 is 0 Å². The van der Waals surface area contributed by atoms with Crippen LogP contribution in [0, 0.1) is 5.92 Å². The fraction of sp³-hybridized carbons (Fsp3) is 1.00. The maximum atomic E-state index is 5.41. The molecule has 0 fully saturated rings. The van der Waals surface area contributed by atoms with Crippen molar-refractivity contribution in [1.29, 1.82) is 0 Å². The lowest BCUT2D eigenvalue weighted by Crippen LogP contribution is -2.28. The average molecular weight is 186 g/mol. The van der Waals surface area contributed by atoms with Gasteiger partial charge in [0.05, 0.1) is 0 Å². The second-order valence-electron chi connectivity index (χ2n) is 4.32. The topological polar surface area (TPSA) is 38.0 Å². The lowest BCUT2D eigenvalue weighted by molar-refractivity contribution is 0.456. The second-order valence-corrected chi connectivity index (χ2v) is 4.32. The summed E-state index contributed by atoms with van der Waals surface area (Å²) in [6.07, 6.45) is 5.08. The van der Waals surface area contributed by atoms with Crippen molar-refractivity contribution in [3.8, 4) is 0 Å². The molecule has 0 aromatic heterocycles. The maximum Gasteiger partial charge on any atom is 0.00387 e. The van der Waals surface area contributed by atoms with E-state index in [1.807, 2.05) is 0 Å². The van der Waals surface area contributed by atoms with Gasteiger partial charge in [-0.1, -0.05) is 26.7 Å². The highest BCUT2D eigenvalue weighted by Gasteiger charge is 2.01. The number of rotatable bonds is 8. The molecule has 1 atom stereocenters. The summed E-state index contributed by atoms with van der Waals surface area (Å²) in [5, 5.41) is 3.48. The summed E-state index contributed by atoms with van der Waals surface area (Å²) in [6, 6.07) is 0.658. The Morgan fingerprint density at radius 2 is 1.77 bits per heavy atom. The fourth-order valence-electron chi connectivity index (χ4n) is 1.38. The Hall–Kier alpha value is -0.0800. The predicted octanol–water partition coefficient (Wildman–Crippen LogP) is 2.14. The summed E-state index contributed by atoms with van der Waals surface area (Å²) in [6.45, 7) is 8.70. The average Bonchev–Trinajstić information content (AvgIpc) is 2.04. The van der Waals surface area contributed by atoms with E-state index in [-0.39, 0.29) is 0 Å². The van der Waals surface area contributed by atoms with Gasteiger partial charge in [-0.15, -0.1) is 0 Å². The SMILES string of the molecule is CC(C)CCCC(C)NCCCN. The van der Waals surface area contributed by atoms with Crippen molar-refractivity contribution < 1.29 is 0 Å². The molecular formula is C11H26N2. The van der Waals surface area contributed by atoms with E-state index < -0.39 is 0 Å². The molecule has 0 saturated carbocycles. The second kappa shape index (κ2) is 8.52. The van der Waals surface area contributed by atoms with E-state index in [4.69, 9.17) is 5.73 Å². The molecule has 0 aliphatic heterocycles. The van der Waals surface area contributed by atoms with Crippen LogP contribution in [0.4, 0.5) is 0 Å². The zero-order chi connectivity index (χ0) is 10.1. The standard InChI is InChI=1S/C11H26N2/c1-10(2)6-4-7-11(3)13-9-5-8-12/h10-11,13H,4-9,12H2,1-3H3. The van der Waals surface area contributed by atoms with Crippen LogP contribution in [0.3, 0.4) is 0 Å². The third-order valence-corrected chi connectivity index (χ3v) is 2.29. The molecular weight excluding hydrogens is 160 g/mol. The fourth-order valence-corrected chi connectivity index (χ4v) is 1.38. The molecule has 2 heteroatoms. The summed E-state index contributed by atoms with van der Waals surface area (Å²) >= 11 is 0. The van der Waals surface area contributed by atoms with Crippen LogP contribution >= 0.6 is 0 Å². The molecule has 0 amide bonds. The van der Waals surface area contributed by atoms with E-state index in [0.29, 0.717) is 6.04 Å². The minimum absolute atomic E-state index is 0.658. The highest BCUT2D eigenvalue weighted by Crippen LogP contribution is 2.07. The molecule has 0 heterocycles. The van der Waals surface area contributed by atoms with Gasteiger partial charge in [0.25, 0.3) is 0 Å². The maximum absolute atomic E-state index is 5.41. The van der Waals surface area contributed by atoms with E-state index >= 15 is 0 Å². The first-order valence-electron chi connectivity index (χ1n) is 5.60. The van der Waals surface area contributed by atoms with E-state index in [1.54, 1.807) is 0 Å². The first-order valence-corrected chi connectivity index (χ1v) is 5.60. The minimum Gasteiger partial charge on any atom is -0.330 e. The van der Waals surface area contributed by atoms with Crippen LogP contribution in [0.15, 0.2) is 0 Å². The zero-order valence-corrected chi connectivity index (χ0v) is 9.47. The van der Waals surface area contributed by atoms with Gasteiger partial charge in [-0.3, -0.25) is 0 Å². The van der Waals surface area contributed by atoms with Gasteiger partial charge in [0.15, 0.2) is 0 Å². The van der Waals surface area contributed by atoms with Gasteiger partial charge in [-0.2, -0.15) is 0 Å². The highest BCUT2D eigenvalue weighted by molar-refractivity contribution is 4.61. The molecule has 0 aromatic carbocycles. The summed E-state index contributed by atoms with van der Waals surface area (Å²) in [5.41, 5.74) is 5.41. The van der Waals surface area contributed by atoms with Crippen LogP contribution in [-0.2, 0) is 0 Å². The summed E-state index contributed by atoms with van der Waals surface area (Å²) in [4.78, 5) is 0. The predicted molar refractivity (Wildman–Crippen MR) is 59.8 cm³/mol. The van der Waals surface area contributed by atoms with Gasteiger partial charge in [0, 0.05) is 6.04 Å². The van der Waals surface area contributed by atoms with Crippen LogP contribution in [0.2, 0.25) is 0 Å². The Labute approximate surface area is 83.3 Å². The first kappa shape index (κ1) is 12.9. The normalized spacial score (nSPS) is 13.6. The smallest absolute Gasteiger partial charge is 0.00387 e. The molecule has 0 spiro atoms. The Morgan fingerprint density at radius 3 is 2.31 bits per heavy atom. The van der Waals surface area contributed by atoms with Crippen molar-refractivity contribution in [2.45, 2.75) is 52.5 Å². The van der Waals surface area contributed by atoms with Crippen LogP contribution in [-0.4, -0.2) is 19.1 Å². The third-order valence-electron chi connectivity index (χ3n) is 2.29. The number of nitrogens with one attached hydrogen (secondary N) is 1. The Balaban J connectivity index is 3.15. The van der Waals surface area contributed by atoms with Gasteiger partial charge in [0.1, 0.15) is 0 Å². The largest absolute Gasteiger partial charge is 0.330 e. The lowest BCUT2D eigenvalue weighted by atomic mass is 10.0. The van der Waals surface area contributed by atoms with Gasteiger partial charge < -0.3 is 11.1 Å². The summed E-state index contributed by atoms with van der Waals surface area (Å²) in [7, 11) is 0. The van der Waals surface area contributed by atoms with Crippen LogP contribution in [0.25, 0.3) is 0 Å². The summed E-state index contributed by atoms with van der Waals surface area (Å²) in [5.74, 6) is 0.844. The van der Waals surface area contributed by atoms with Gasteiger partial charge in [-0.05, 0) is 38.8 Å². The Morgan fingerprint density at radius 1 is 1.08 bits per heavy atom. The molecule has 0 radical (unpaired) electrons. The van der Waals surface area contributed by atoms with Crippen molar-refractivity contribution in [2.24, 2.45) is 11.7 Å². The van der Waals surface area contributed by atoms with E-state index in [2.05, 4.69) is 26.1 Å². The van der Waals surface area contributed by atoms with E-state index in [9.17, 15) is 0 Å². The van der Waals surface area contributed by atoms with Gasteiger partial charge in [-0.25, -0.2) is 0 Å². The minimum atomic E-state index is 0.658. The Bertz CT molecular complexity index is 102. The molecule has 2 nitrogen and oxygen atoms in total. The first-order chi connectivity index (χ1) is 6.16. The summed E-state index contributed by atoms with van der Waals surface area (Å²) < 4.78 is 0. The number of nitrogens with two attached hydrogens (primary N) is 1. The Kier molecular flexibility index (Phi) is 8.46. The van der Waals surface area contributed by atoms with Crippen molar-refractivity contribution in [1.82, 2.24) is 5.32 Å². The lowest BCUT2D eigenvalue weighted by Gasteiger charge is -2.13. The van der Waals surface area contributed by atoms with E-state index in [0.717, 1.165) is 25.4 Å². The number of hydrogen-bond donors (Lipinski definition) is 2. The van der Waals surface area contributed by atoms with Crippen molar-refractivity contribution in [3.63, 3.8) is 0 Å². The molecule has 0 aliphatic rings. The molecule has 80 valence electrons. The van der Waals surface area contributed by atoms with Crippen LogP contribution in [0.1, 0.15) is 46.5 Å². The molecule has 0 saturated heterocycles. The molecule has 0 bridgehead atoms. The molecule has 3 N–H and O–H groups in total.